The number of allylic oxidation sites excluding steroid dienone is 1. The Morgan fingerprint density at radius 2 is 1.72 bits per heavy atom. The summed E-state index contributed by atoms with van der Waals surface area (Å²) in [6.45, 7) is 0. The van der Waals surface area contributed by atoms with Gasteiger partial charge in [0.25, 0.3) is 0 Å². The molecule has 0 aliphatic carbocycles. The standard InChI is InChI=1S/C15H9Cl2N/c16-14-8-4-7-12(15(14)17)9-13(10-18)11-5-2-1-3-6-11/h1-9H/b13-9+. The zero-order valence-electron chi connectivity index (χ0n) is 9.40. The molecule has 0 aliphatic heterocycles. The quantitative estimate of drug-likeness (QED) is 0.554. The van der Waals surface area contributed by atoms with Crippen LogP contribution in [0.5, 0.6) is 0 Å². The van der Waals surface area contributed by atoms with E-state index in [2.05, 4.69) is 6.07 Å². The lowest BCUT2D eigenvalue weighted by atomic mass is 10.0. The third kappa shape index (κ3) is 2.73. The Bertz CT molecular complexity index is 625. The maximum atomic E-state index is 9.21. The molecule has 2 aromatic rings. The lowest BCUT2D eigenvalue weighted by Gasteiger charge is -2.02. The van der Waals surface area contributed by atoms with E-state index in [9.17, 15) is 5.26 Å². The summed E-state index contributed by atoms with van der Waals surface area (Å²) < 4.78 is 0. The van der Waals surface area contributed by atoms with Gasteiger partial charge in [0.2, 0.25) is 0 Å². The third-order valence-electron chi connectivity index (χ3n) is 2.49. The minimum Gasteiger partial charge on any atom is -0.192 e. The van der Waals surface area contributed by atoms with Crippen molar-refractivity contribution in [3.63, 3.8) is 0 Å². The van der Waals surface area contributed by atoms with Crippen LogP contribution < -0.4 is 0 Å². The zero-order chi connectivity index (χ0) is 13.0. The Kier molecular flexibility index (Phi) is 4.04. The largest absolute Gasteiger partial charge is 0.192 e. The Balaban J connectivity index is 2.49. The van der Waals surface area contributed by atoms with Crippen LogP contribution in [0.25, 0.3) is 11.6 Å². The third-order valence-corrected chi connectivity index (χ3v) is 3.32. The summed E-state index contributed by atoms with van der Waals surface area (Å²) in [6, 6.07) is 17.0. The first-order chi connectivity index (χ1) is 8.72. The first kappa shape index (κ1) is 12.7. The van der Waals surface area contributed by atoms with Crippen LogP contribution in [0.15, 0.2) is 48.5 Å². The molecule has 18 heavy (non-hydrogen) atoms. The van der Waals surface area contributed by atoms with E-state index in [4.69, 9.17) is 23.2 Å². The minimum atomic E-state index is 0.461. The molecule has 0 fully saturated rings. The molecule has 0 amide bonds. The number of hydrogen-bond acceptors (Lipinski definition) is 1. The van der Waals surface area contributed by atoms with Crippen molar-refractivity contribution in [1.82, 2.24) is 0 Å². The van der Waals surface area contributed by atoms with Crippen molar-refractivity contribution < 1.29 is 0 Å². The van der Waals surface area contributed by atoms with Crippen molar-refractivity contribution in [2.24, 2.45) is 0 Å². The highest BCUT2D eigenvalue weighted by atomic mass is 35.5. The molecule has 2 aromatic carbocycles. The van der Waals surface area contributed by atoms with Crippen LogP contribution in [0.4, 0.5) is 0 Å². The van der Waals surface area contributed by atoms with Crippen molar-refractivity contribution >= 4 is 34.9 Å². The molecule has 0 N–H and O–H groups in total. The fourth-order valence-corrected chi connectivity index (χ4v) is 1.95. The zero-order valence-corrected chi connectivity index (χ0v) is 10.9. The van der Waals surface area contributed by atoms with Crippen molar-refractivity contribution in [2.75, 3.05) is 0 Å². The Hall–Kier alpha value is -1.75. The molecule has 88 valence electrons. The summed E-state index contributed by atoms with van der Waals surface area (Å²) in [5.41, 5.74) is 2.15. The number of nitrogens with zero attached hydrogens (tertiary/aromatic N) is 1. The van der Waals surface area contributed by atoms with E-state index in [0.717, 1.165) is 11.1 Å². The van der Waals surface area contributed by atoms with Crippen LogP contribution in [0.2, 0.25) is 10.0 Å². The Morgan fingerprint density at radius 1 is 1.00 bits per heavy atom. The van der Waals surface area contributed by atoms with E-state index in [-0.39, 0.29) is 0 Å². The number of halogens is 2. The van der Waals surface area contributed by atoms with E-state index in [1.807, 2.05) is 36.4 Å². The van der Waals surface area contributed by atoms with Gasteiger partial charge in [-0.05, 0) is 23.3 Å². The normalized spacial score (nSPS) is 11.1. The first-order valence-corrected chi connectivity index (χ1v) is 6.09. The number of nitriles is 1. The van der Waals surface area contributed by atoms with Gasteiger partial charge in [0.15, 0.2) is 0 Å². The van der Waals surface area contributed by atoms with E-state index in [0.29, 0.717) is 15.6 Å². The SMILES string of the molecule is N#C/C(=C\c1cccc(Cl)c1Cl)c1ccccc1. The van der Waals surface area contributed by atoms with Gasteiger partial charge in [0.05, 0.1) is 21.7 Å². The lowest BCUT2D eigenvalue weighted by Crippen LogP contribution is -1.82. The predicted molar refractivity (Wildman–Crippen MR) is 76.4 cm³/mol. The highest BCUT2D eigenvalue weighted by Gasteiger charge is 2.05. The molecule has 2 rings (SSSR count). The van der Waals surface area contributed by atoms with Gasteiger partial charge in [-0.25, -0.2) is 0 Å². The van der Waals surface area contributed by atoms with Crippen LogP contribution in [0, 0.1) is 11.3 Å². The molecule has 1 nitrogen and oxygen atoms in total. The summed E-state index contributed by atoms with van der Waals surface area (Å²) in [4.78, 5) is 0. The molecule has 0 unspecified atom stereocenters. The van der Waals surface area contributed by atoms with E-state index < -0.39 is 0 Å². The van der Waals surface area contributed by atoms with Crippen molar-refractivity contribution in [3.05, 3.63) is 69.7 Å². The van der Waals surface area contributed by atoms with Gasteiger partial charge in [0, 0.05) is 0 Å². The van der Waals surface area contributed by atoms with E-state index >= 15 is 0 Å². The fraction of sp³-hybridized carbons (Fsp3) is 0. The molecule has 0 aromatic heterocycles. The molecule has 0 atom stereocenters. The monoisotopic (exact) mass is 273 g/mol. The van der Waals surface area contributed by atoms with Gasteiger partial charge in [0.1, 0.15) is 0 Å². The lowest BCUT2D eigenvalue weighted by molar-refractivity contribution is 1.52. The summed E-state index contributed by atoms with van der Waals surface area (Å²) >= 11 is 12.0. The van der Waals surface area contributed by atoms with Crippen LogP contribution >= 0.6 is 23.2 Å². The molecule has 0 saturated carbocycles. The topological polar surface area (TPSA) is 23.8 Å². The second kappa shape index (κ2) is 5.73. The van der Waals surface area contributed by atoms with E-state index in [1.54, 1.807) is 18.2 Å². The van der Waals surface area contributed by atoms with Crippen LogP contribution in [-0.2, 0) is 0 Å². The summed E-state index contributed by atoms with van der Waals surface area (Å²) in [5.74, 6) is 0. The summed E-state index contributed by atoms with van der Waals surface area (Å²) in [6.07, 6.45) is 1.74. The van der Waals surface area contributed by atoms with Gasteiger partial charge in [-0.15, -0.1) is 0 Å². The number of rotatable bonds is 2. The summed E-state index contributed by atoms with van der Waals surface area (Å²) in [5, 5.41) is 10.1. The average molecular weight is 274 g/mol. The number of benzene rings is 2. The average Bonchev–Trinajstić information content (AvgIpc) is 2.41. The highest BCUT2D eigenvalue weighted by molar-refractivity contribution is 6.43. The minimum absolute atomic E-state index is 0.461. The molecule has 0 aliphatic rings. The van der Waals surface area contributed by atoms with Gasteiger partial charge >= 0.3 is 0 Å². The fourth-order valence-electron chi connectivity index (χ4n) is 1.59. The van der Waals surface area contributed by atoms with Crippen LogP contribution in [-0.4, -0.2) is 0 Å². The highest BCUT2D eigenvalue weighted by Crippen LogP contribution is 2.28. The molecule has 0 heterocycles. The van der Waals surface area contributed by atoms with Gasteiger partial charge in [-0.3, -0.25) is 0 Å². The van der Waals surface area contributed by atoms with Crippen molar-refractivity contribution in [3.8, 4) is 6.07 Å². The molecule has 3 heteroatoms. The molecule has 0 radical (unpaired) electrons. The number of hydrogen-bond donors (Lipinski definition) is 0. The first-order valence-electron chi connectivity index (χ1n) is 5.33. The molecule has 0 spiro atoms. The van der Waals surface area contributed by atoms with Crippen molar-refractivity contribution in [1.29, 1.82) is 5.26 Å². The predicted octanol–water partition coefficient (Wildman–Crippen LogP) is 5.06. The summed E-state index contributed by atoms with van der Waals surface area (Å²) in [7, 11) is 0. The van der Waals surface area contributed by atoms with Gasteiger partial charge in [-0.2, -0.15) is 5.26 Å². The van der Waals surface area contributed by atoms with Crippen LogP contribution in [0.1, 0.15) is 11.1 Å². The second-order valence-electron chi connectivity index (χ2n) is 3.68. The smallest absolute Gasteiger partial charge is 0.0998 e. The van der Waals surface area contributed by atoms with Gasteiger partial charge in [-0.1, -0.05) is 65.7 Å². The van der Waals surface area contributed by atoms with Gasteiger partial charge < -0.3 is 0 Å². The Labute approximate surface area is 116 Å². The Morgan fingerprint density at radius 3 is 2.39 bits per heavy atom. The van der Waals surface area contributed by atoms with E-state index in [1.165, 1.54) is 0 Å². The van der Waals surface area contributed by atoms with Crippen molar-refractivity contribution in [2.45, 2.75) is 0 Å². The molecule has 0 saturated heterocycles. The molecular formula is C15H9Cl2N. The maximum Gasteiger partial charge on any atom is 0.0998 e. The van der Waals surface area contributed by atoms with Crippen LogP contribution in [0.3, 0.4) is 0 Å². The second-order valence-corrected chi connectivity index (χ2v) is 4.46. The molecular weight excluding hydrogens is 265 g/mol. The molecule has 0 bridgehead atoms. The maximum absolute atomic E-state index is 9.21.